The van der Waals surface area contributed by atoms with Gasteiger partial charge in [0, 0.05) is 25.0 Å². The fourth-order valence-electron chi connectivity index (χ4n) is 2.66. The fourth-order valence-corrected chi connectivity index (χ4v) is 2.66. The van der Waals surface area contributed by atoms with E-state index >= 15 is 0 Å². The van der Waals surface area contributed by atoms with Crippen molar-refractivity contribution >= 4 is 5.91 Å². The maximum atomic E-state index is 12.3. The van der Waals surface area contributed by atoms with Gasteiger partial charge in [-0.25, -0.2) is 0 Å². The quantitative estimate of drug-likeness (QED) is 0.860. The lowest BCUT2D eigenvalue weighted by molar-refractivity contribution is -0.131. The van der Waals surface area contributed by atoms with Crippen molar-refractivity contribution in [2.75, 3.05) is 6.54 Å². The van der Waals surface area contributed by atoms with E-state index in [0.29, 0.717) is 6.04 Å². The van der Waals surface area contributed by atoms with Crippen LogP contribution in [0.2, 0.25) is 0 Å². The topological polar surface area (TPSA) is 45.5 Å². The Balaban J connectivity index is 1.57. The number of hydrogen-bond donors (Lipinski definition) is 1. The summed E-state index contributed by atoms with van der Waals surface area (Å²) in [5.41, 5.74) is 0. The number of carbonyl (C=O) groups is 1. The van der Waals surface area contributed by atoms with Crippen molar-refractivity contribution in [1.82, 2.24) is 10.2 Å². The Morgan fingerprint density at radius 2 is 2.33 bits per heavy atom. The van der Waals surface area contributed by atoms with Crippen molar-refractivity contribution < 1.29 is 9.21 Å². The summed E-state index contributed by atoms with van der Waals surface area (Å²) in [6.07, 6.45) is 5.88. The van der Waals surface area contributed by atoms with Crippen LogP contribution in [-0.4, -0.2) is 35.5 Å². The number of likely N-dealkylation sites (tertiary alicyclic amines) is 1. The van der Waals surface area contributed by atoms with Crippen molar-refractivity contribution in [2.45, 2.75) is 50.7 Å². The molecule has 1 amide bonds. The summed E-state index contributed by atoms with van der Waals surface area (Å²) >= 11 is 0. The lowest BCUT2D eigenvalue weighted by Gasteiger charge is -2.24. The molecule has 0 radical (unpaired) electrons. The molecule has 18 heavy (non-hydrogen) atoms. The second-order valence-corrected chi connectivity index (χ2v) is 5.45. The summed E-state index contributed by atoms with van der Waals surface area (Å²) in [4.78, 5) is 14.3. The average Bonchev–Trinajstić information content (AvgIpc) is 2.88. The SMILES string of the molecule is CC(Cc1ccco1)N1CCC(NC2CC2)C1=O. The molecule has 98 valence electrons. The molecule has 2 aliphatic rings. The third-order valence-corrected chi connectivity index (χ3v) is 3.86. The minimum Gasteiger partial charge on any atom is -0.469 e. The molecule has 1 aliphatic carbocycles. The molecule has 2 heterocycles. The number of nitrogens with zero attached hydrogens (tertiary/aromatic N) is 1. The summed E-state index contributed by atoms with van der Waals surface area (Å²) in [6.45, 7) is 2.96. The van der Waals surface area contributed by atoms with Gasteiger partial charge in [0.25, 0.3) is 0 Å². The third kappa shape index (κ3) is 2.43. The van der Waals surface area contributed by atoms with Gasteiger partial charge in [-0.3, -0.25) is 4.79 Å². The molecule has 2 atom stereocenters. The molecule has 0 bridgehead atoms. The minimum absolute atomic E-state index is 0.0524. The molecule has 1 saturated carbocycles. The molecule has 2 unspecified atom stereocenters. The highest BCUT2D eigenvalue weighted by Gasteiger charge is 2.37. The van der Waals surface area contributed by atoms with E-state index in [2.05, 4.69) is 12.2 Å². The minimum atomic E-state index is 0.0524. The zero-order valence-electron chi connectivity index (χ0n) is 10.8. The van der Waals surface area contributed by atoms with Crippen LogP contribution in [0.25, 0.3) is 0 Å². The number of hydrogen-bond acceptors (Lipinski definition) is 3. The summed E-state index contributed by atoms with van der Waals surface area (Å²) in [6, 6.07) is 4.73. The van der Waals surface area contributed by atoms with Gasteiger partial charge >= 0.3 is 0 Å². The number of amides is 1. The fraction of sp³-hybridized carbons (Fsp3) is 0.643. The van der Waals surface area contributed by atoms with E-state index < -0.39 is 0 Å². The maximum absolute atomic E-state index is 12.3. The van der Waals surface area contributed by atoms with E-state index in [4.69, 9.17) is 4.42 Å². The van der Waals surface area contributed by atoms with Crippen LogP contribution in [-0.2, 0) is 11.2 Å². The number of rotatable bonds is 5. The van der Waals surface area contributed by atoms with Gasteiger partial charge in [0.05, 0.1) is 12.3 Å². The van der Waals surface area contributed by atoms with Crippen LogP contribution in [0.1, 0.15) is 31.9 Å². The van der Waals surface area contributed by atoms with Gasteiger partial charge in [-0.15, -0.1) is 0 Å². The zero-order valence-corrected chi connectivity index (χ0v) is 10.8. The average molecular weight is 248 g/mol. The van der Waals surface area contributed by atoms with Crippen molar-refractivity contribution in [1.29, 1.82) is 0 Å². The van der Waals surface area contributed by atoms with Crippen LogP contribution in [0.4, 0.5) is 0 Å². The first-order valence-corrected chi connectivity index (χ1v) is 6.83. The molecule has 0 aromatic carbocycles. The Morgan fingerprint density at radius 1 is 1.50 bits per heavy atom. The van der Waals surface area contributed by atoms with E-state index in [9.17, 15) is 4.79 Å². The van der Waals surface area contributed by atoms with E-state index in [0.717, 1.165) is 25.1 Å². The van der Waals surface area contributed by atoms with Crippen molar-refractivity contribution in [2.24, 2.45) is 0 Å². The van der Waals surface area contributed by atoms with Gasteiger partial charge in [0.2, 0.25) is 5.91 Å². The standard InChI is InChI=1S/C14H20N2O2/c1-10(9-12-3-2-8-18-12)16-7-6-13(14(16)17)15-11-4-5-11/h2-3,8,10-11,13,15H,4-7,9H2,1H3. The van der Waals surface area contributed by atoms with Crippen molar-refractivity contribution in [3.8, 4) is 0 Å². The van der Waals surface area contributed by atoms with Crippen LogP contribution in [0.3, 0.4) is 0 Å². The summed E-state index contributed by atoms with van der Waals surface area (Å²) in [7, 11) is 0. The summed E-state index contributed by atoms with van der Waals surface area (Å²) in [5, 5.41) is 3.43. The van der Waals surface area contributed by atoms with Gasteiger partial charge in [0.15, 0.2) is 0 Å². The van der Waals surface area contributed by atoms with Crippen LogP contribution >= 0.6 is 0 Å². The predicted octanol–water partition coefficient (Wildman–Crippen LogP) is 1.56. The summed E-state index contributed by atoms with van der Waals surface area (Å²) in [5.74, 6) is 1.22. The van der Waals surface area contributed by atoms with E-state index in [1.54, 1.807) is 6.26 Å². The second kappa shape index (κ2) is 4.76. The molecule has 1 N–H and O–H groups in total. The predicted molar refractivity (Wildman–Crippen MR) is 68.1 cm³/mol. The molecular formula is C14H20N2O2. The molecule has 2 fully saturated rings. The first kappa shape index (κ1) is 11.8. The van der Waals surface area contributed by atoms with Crippen LogP contribution in [0.15, 0.2) is 22.8 Å². The number of nitrogens with one attached hydrogen (secondary N) is 1. The van der Waals surface area contributed by atoms with E-state index in [1.165, 1.54) is 12.8 Å². The van der Waals surface area contributed by atoms with Gasteiger partial charge in [-0.05, 0) is 38.3 Å². The van der Waals surface area contributed by atoms with Gasteiger partial charge in [-0.2, -0.15) is 0 Å². The summed E-state index contributed by atoms with van der Waals surface area (Å²) < 4.78 is 5.35. The smallest absolute Gasteiger partial charge is 0.240 e. The Morgan fingerprint density at radius 3 is 3.00 bits per heavy atom. The molecule has 3 rings (SSSR count). The lowest BCUT2D eigenvalue weighted by Crippen LogP contribution is -2.43. The van der Waals surface area contributed by atoms with Crippen LogP contribution in [0, 0.1) is 0 Å². The second-order valence-electron chi connectivity index (χ2n) is 5.45. The Labute approximate surface area is 107 Å². The highest BCUT2D eigenvalue weighted by atomic mass is 16.3. The van der Waals surface area contributed by atoms with Crippen LogP contribution < -0.4 is 5.32 Å². The molecular weight excluding hydrogens is 228 g/mol. The molecule has 1 aliphatic heterocycles. The Hall–Kier alpha value is -1.29. The first-order valence-electron chi connectivity index (χ1n) is 6.83. The monoisotopic (exact) mass is 248 g/mol. The number of carbonyl (C=O) groups excluding carboxylic acids is 1. The zero-order chi connectivity index (χ0) is 12.5. The normalized spacial score (nSPS) is 25.7. The number of furan rings is 1. The largest absolute Gasteiger partial charge is 0.469 e. The Kier molecular flexibility index (Phi) is 3.12. The maximum Gasteiger partial charge on any atom is 0.240 e. The molecule has 4 nitrogen and oxygen atoms in total. The molecule has 1 aromatic rings. The lowest BCUT2D eigenvalue weighted by atomic mass is 10.1. The Bertz CT molecular complexity index is 411. The van der Waals surface area contributed by atoms with Crippen LogP contribution in [0.5, 0.6) is 0 Å². The van der Waals surface area contributed by atoms with E-state index in [-0.39, 0.29) is 18.0 Å². The van der Waals surface area contributed by atoms with Gasteiger partial charge in [0.1, 0.15) is 5.76 Å². The highest BCUT2D eigenvalue weighted by Crippen LogP contribution is 2.24. The van der Waals surface area contributed by atoms with Crippen molar-refractivity contribution in [3.63, 3.8) is 0 Å². The molecule has 0 spiro atoms. The molecule has 4 heteroatoms. The first-order chi connectivity index (χ1) is 8.74. The van der Waals surface area contributed by atoms with E-state index in [1.807, 2.05) is 17.0 Å². The molecule has 1 saturated heterocycles. The van der Waals surface area contributed by atoms with Gasteiger partial charge in [-0.1, -0.05) is 0 Å². The van der Waals surface area contributed by atoms with Crippen molar-refractivity contribution in [3.05, 3.63) is 24.2 Å². The molecule has 1 aromatic heterocycles. The highest BCUT2D eigenvalue weighted by molar-refractivity contribution is 5.84. The van der Waals surface area contributed by atoms with Gasteiger partial charge < -0.3 is 14.6 Å². The third-order valence-electron chi connectivity index (χ3n) is 3.86.